The number of para-hydroxylation sites is 1. The maximum Gasteiger partial charge on any atom is 0.248 e. The molecule has 5 aromatic rings. The van der Waals surface area contributed by atoms with Crippen LogP contribution in [-0.2, 0) is 11.3 Å². The number of carbonyl (C=O) groups excluding carboxylic acids is 1. The van der Waals surface area contributed by atoms with E-state index in [2.05, 4.69) is 15.7 Å². The fourth-order valence-electron chi connectivity index (χ4n) is 3.90. The second kappa shape index (κ2) is 10.1. The van der Waals surface area contributed by atoms with Crippen LogP contribution in [0.4, 0.5) is 11.5 Å². The van der Waals surface area contributed by atoms with Gasteiger partial charge < -0.3 is 15.7 Å². The van der Waals surface area contributed by atoms with E-state index in [0.29, 0.717) is 29.1 Å². The number of hydrogen-bond donors (Lipinski definition) is 3. The molecule has 178 valence electrons. The number of aryl methyl sites for hydroxylation is 1. The van der Waals surface area contributed by atoms with E-state index < -0.39 is 0 Å². The third kappa shape index (κ3) is 5.10. The van der Waals surface area contributed by atoms with Gasteiger partial charge in [0.1, 0.15) is 11.6 Å². The molecule has 0 saturated heterocycles. The highest BCUT2D eigenvalue weighted by atomic mass is 16.3. The second-order valence-electron chi connectivity index (χ2n) is 8.39. The number of phenolic OH excluding ortho intramolecular Hbond substituents is 1. The number of carbonyl (C=O) groups is 1. The van der Waals surface area contributed by atoms with E-state index in [0.717, 1.165) is 22.5 Å². The van der Waals surface area contributed by atoms with E-state index in [-0.39, 0.29) is 11.7 Å². The second-order valence-corrected chi connectivity index (χ2v) is 8.39. The van der Waals surface area contributed by atoms with E-state index in [9.17, 15) is 9.90 Å². The molecule has 0 aliphatic carbocycles. The van der Waals surface area contributed by atoms with Crippen molar-refractivity contribution in [1.82, 2.24) is 14.6 Å². The molecule has 7 heteroatoms. The third-order valence-corrected chi connectivity index (χ3v) is 5.72. The molecule has 2 aromatic heterocycles. The average molecular weight is 476 g/mol. The first-order valence-corrected chi connectivity index (χ1v) is 11.6. The summed E-state index contributed by atoms with van der Waals surface area (Å²) >= 11 is 0. The Morgan fingerprint density at radius 3 is 2.64 bits per heavy atom. The van der Waals surface area contributed by atoms with Gasteiger partial charge in [-0.1, -0.05) is 54.6 Å². The van der Waals surface area contributed by atoms with Crippen molar-refractivity contribution in [3.8, 4) is 17.0 Å². The molecule has 0 spiro atoms. The van der Waals surface area contributed by atoms with Gasteiger partial charge in [-0.3, -0.25) is 4.79 Å². The summed E-state index contributed by atoms with van der Waals surface area (Å²) < 4.78 is 1.75. The largest absolute Gasteiger partial charge is 0.507 e. The average Bonchev–Trinajstić information content (AvgIpc) is 3.28. The number of fused-ring (bicyclic) bond motifs is 1. The SMILES string of the molecule is Cc1cnn2c(NCc3cccc(NC(=O)/C=C/c4ccccc4)c3)cc(-c3ccccc3O)nc12. The molecule has 0 aliphatic rings. The predicted molar refractivity (Wildman–Crippen MR) is 143 cm³/mol. The summed E-state index contributed by atoms with van der Waals surface area (Å²) in [5.41, 5.74) is 5.61. The van der Waals surface area contributed by atoms with Crippen molar-refractivity contribution in [2.24, 2.45) is 0 Å². The zero-order valence-electron chi connectivity index (χ0n) is 19.7. The lowest BCUT2D eigenvalue weighted by Gasteiger charge is -2.12. The van der Waals surface area contributed by atoms with Crippen molar-refractivity contribution in [2.45, 2.75) is 13.5 Å². The molecule has 0 saturated carbocycles. The summed E-state index contributed by atoms with van der Waals surface area (Å²) in [4.78, 5) is 17.1. The number of anilines is 2. The number of aromatic hydroxyl groups is 1. The molecule has 0 aliphatic heterocycles. The van der Waals surface area contributed by atoms with Gasteiger partial charge in [-0.05, 0) is 48.4 Å². The summed E-state index contributed by atoms with van der Waals surface area (Å²) in [6.07, 6.45) is 5.07. The first kappa shape index (κ1) is 22.9. The lowest BCUT2D eigenvalue weighted by Crippen LogP contribution is -2.09. The molecule has 2 heterocycles. The summed E-state index contributed by atoms with van der Waals surface area (Å²) in [5, 5.41) is 21.1. The fraction of sp³-hybridized carbons (Fsp3) is 0.0690. The number of hydrogen-bond acceptors (Lipinski definition) is 5. The number of aromatic nitrogens is 3. The van der Waals surface area contributed by atoms with Crippen LogP contribution in [0.15, 0.2) is 97.2 Å². The van der Waals surface area contributed by atoms with Gasteiger partial charge in [-0.15, -0.1) is 0 Å². The monoisotopic (exact) mass is 475 g/mol. The first-order chi connectivity index (χ1) is 17.6. The summed E-state index contributed by atoms with van der Waals surface area (Å²) in [5.74, 6) is 0.716. The van der Waals surface area contributed by atoms with Gasteiger partial charge >= 0.3 is 0 Å². The zero-order chi connectivity index (χ0) is 24.9. The van der Waals surface area contributed by atoms with Crippen LogP contribution in [0.5, 0.6) is 5.75 Å². The normalized spacial score (nSPS) is 11.1. The van der Waals surface area contributed by atoms with Gasteiger partial charge in [0.25, 0.3) is 0 Å². The molecule has 0 unspecified atom stereocenters. The maximum absolute atomic E-state index is 12.4. The van der Waals surface area contributed by atoms with Crippen LogP contribution in [-0.4, -0.2) is 25.6 Å². The minimum absolute atomic E-state index is 0.169. The summed E-state index contributed by atoms with van der Waals surface area (Å²) in [7, 11) is 0. The highest BCUT2D eigenvalue weighted by Gasteiger charge is 2.13. The molecule has 0 radical (unpaired) electrons. The van der Waals surface area contributed by atoms with Crippen molar-refractivity contribution in [2.75, 3.05) is 10.6 Å². The Labute approximate surface area is 208 Å². The molecule has 36 heavy (non-hydrogen) atoms. The Morgan fingerprint density at radius 1 is 1.00 bits per heavy atom. The molecular formula is C29H25N5O2. The predicted octanol–water partition coefficient (Wildman–Crippen LogP) is 5.67. The molecule has 5 rings (SSSR count). The van der Waals surface area contributed by atoms with Crippen molar-refractivity contribution in [3.63, 3.8) is 0 Å². The van der Waals surface area contributed by atoms with Gasteiger partial charge in [-0.25, -0.2) is 4.98 Å². The van der Waals surface area contributed by atoms with Gasteiger partial charge in [-0.2, -0.15) is 9.61 Å². The topological polar surface area (TPSA) is 91.5 Å². The van der Waals surface area contributed by atoms with Crippen LogP contribution >= 0.6 is 0 Å². The van der Waals surface area contributed by atoms with Crippen LogP contribution in [0.1, 0.15) is 16.7 Å². The number of benzene rings is 3. The standard InChI is InChI=1S/C29H25N5O2/c1-20-18-31-34-27(17-25(33-29(20)34)24-12-5-6-13-26(24)35)30-19-22-10-7-11-23(16-22)32-28(36)15-14-21-8-3-2-4-9-21/h2-18,30,35H,19H2,1H3,(H,32,36)/b15-14+. The Hall–Kier alpha value is -4.91. The van der Waals surface area contributed by atoms with Crippen molar-refractivity contribution >= 4 is 29.1 Å². The number of nitrogens with zero attached hydrogens (tertiary/aromatic N) is 3. The highest BCUT2D eigenvalue weighted by molar-refractivity contribution is 6.01. The van der Waals surface area contributed by atoms with E-state index in [1.807, 2.05) is 79.7 Å². The number of phenols is 1. The van der Waals surface area contributed by atoms with Gasteiger partial charge in [0.05, 0.1) is 11.9 Å². The van der Waals surface area contributed by atoms with Crippen LogP contribution in [0.2, 0.25) is 0 Å². The summed E-state index contributed by atoms with van der Waals surface area (Å²) in [6, 6.07) is 26.4. The molecular weight excluding hydrogens is 450 g/mol. The van der Waals surface area contributed by atoms with Crippen LogP contribution in [0.25, 0.3) is 23.0 Å². The lowest BCUT2D eigenvalue weighted by atomic mass is 10.1. The molecule has 3 N–H and O–H groups in total. The molecule has 3 aromatic carbocycles. The van der Waals surface area contributed by atoms with Gasteiger partial charge in [0, 0.05) is 35.5 Å². The zero-order valence-corrected chi connectivity index (χ0v) is 19.7. The van der Waals surface area contributed by atoms with E-state index in [1.54, 1.807) is 28.9 Å². The molecule has 0 fully saturated rings. The van der Waals surface area contributed by atoms with Crippen molar-refractivity contribution in [1.29, 1.82) is 0 Å². The fourth-order valence-corrected chi connectivity index (χ4v) is 3.90. The molecule has 0 atom stereocenters. The van der Waals surface area contributed by atoms with Crippen LogP contribution in [0, 0.1) is 6.92 Å². The minimum atomic E-state index is -0.195. The number of nitrogens with one attached hydrogen (secondary N) is 2. The third-order valence-electron chi connectivity index (χ3n) is 5.72. The molecule has 1 amide bonds. The Balaban J connectivity index is 1.34. The Bertz CT molecular complexity index is 1560. The lowest BCUT2D eigenvalue weighted by molar-refractivity contribution is -0.111. The van der Waals surface area contributed by atoms with E-state index in [1.165, 1.54) is 6.08 Å². The van der Waals surface area contributed by atoms with Crippen molar-refractivity contribution in [3.05, 3.63) is 114 Å². The van der Waals surface area contributed by atoms with E-state index >= 15 is 0 Å². The van der Waals surface area contributed by atoms with Gasteiger partial charge in [0.15, 0.2) is 5.65 Å². The molecule has 7 nitrogen and oxygen atoms in total. The van der Waals surface area contributed by atoms with Gasteiger partial charge in [0.2, 0.25) is 5.91 Å². The Morgan fingerprint density at radius 2 is 1.81 bits per heavy atom. The number of amides is 1. The maximum atomic E-state index is 12.4. The van der Waals surface area contributed by atoms with Crippen molar-refractivity contribution < 1.29 is 9.90 Å². The number of rotatable bonds is 7. The Kier molecular flexibility index (Phi) is 6.44. The van der Waals surface area contributed by atoms with Crippen LogP contribution < -0.4 is 10.6 Å². The quantitative estimate of drug-likeness (QED) is 0.264. The van der Waals surface area contributed by atoms with Crippen LogP contribution in [0.3, 0.4) is 0 Å². The first-order valence-electron chi connectivity index (χ1n) is 11.6. The minimum Gasteiger partial charge on any atom is -0.507 e. The smallest absolute Gasteiger partial charge is 0.248 e. The highest BCUT2D eigenvalue weighted by Crippen LogP contribution is 2.30. The van der Waals surface area contributed by atoms with E-state index in [4.69, 9.17) is 4.98 Å². The summed E-state index contributed by atoms with van der Waals surface area (Å²) in [6.45, 7) is 2.45. The molecule has 0 bridgehead atoms.